The summed E-state index contributed by atoms with van der Waals surface area (Å²) in [6, 6.07) is 0. The summed E-state index contributed by atoms with van der Waals surface area (Å²) in [6.45, 7) is 0. The molecular formula is H3MgO10P3. The van der Waals surface area contributed by atoms with Crippen LogP contribution >= 0.6 is 23.5 Å². The normalized spacial score (nSPS) is 16.9. The van der Waals surface area contributed by atoms with Crippen LogP contribution in [0.15, 0.2) is 0 Å². The average Bonchev–Trinajstić information content (AvgIpc) is 1.43. The topological polar surface area (TPSA) is 176 Å². The Balaban J connectivity index is 0. The van der Waals surface area contributed by atoms with Crippen molar-refractivity contribution in [1.82, 2.24) is 0 Å². The van der Waals surface area contributed by atoms with E-state index in [4.69, 9.17) is 14.7 Å². The fraction of sp³-hybridized carbons (Fsp3) is 0. The molecule has 14 heteroatoms. The smallest absolute Gasteiger partial charge is 0.789 e. The summed E-state index contributed by atoms with van der Waals surface area (Å²) in [5, 5.41) is 0. The van der Waals surface area contributed by atoms with Gasteiger partial charge in [0, 0.05) is 0 Å². The van der Waals surface area contributed by atoms with Gasteiger partial charge in [-0.25, -0.2) is 9.13 Å². The Morgan fingerprint density at radius 3 is 1.50 bits per heavy atom. The second-order valence-corrected chi connectivity index (χ2v) is 5.69. The zero-order chi connectivity index (χ0) is 10.9. The van der Waals surface area contributed by atoms with Gasteiger partial charge >= 0.3 is 38.7 Å². The Morgan fingerprint density at radius 1 is 0.929 bits per heavy atom. The van der Waals surface area contributed by atoms with Gasteiger partial charge in [-0.2, -0.15) is 4.31 Å². The number of phosphoric acid groups is 3. The molecule has 0 spiro atoms. The molecule has 0 amide bonds. The quantitative estimate of drug-likeness (QED) is 0.373. The van der Waals surface area contributed by atoms with Gasteiger partial charge in [-0.3, -0.25) is 4.31 Å². The molecule has 0 heterocycles. The summed E-state index contributed by atoms with van der Waals surface area (Å²) < 4.78 is 35.7. The minimum absolute atomic E-state index is 0. The Hall–Kier alpha value is 1.18. The Bertz CT molecular complexity index is 277. The van der Waals surface area contributed by atoms with Crippen molar-refractivity contribution < 1.29 is 46.8 Å². The SMILES string of the molecule is O=P([O-])([O-])OP(=O)(O)OP(=O)(O)O.[Mg+2]. The third kappa shape index (κ3) is 11.3. The predicted molar refractivity (Wildman–Crippen MR) is 37.4 cm³/mol. The van der Waals surface area contributed by atoms with Crippen molar-refractivity contribution in [1.29, 1.82) is 0 Å². The molecule has 3 N–H and O–H groups in total. The molecule has 0 bridgehead atoms. The van der Waals surface area contributed by atoms with Crippen molar-refractivity contribution in [2.75, 3.05) is 0 Å². The van der Waals surface area contributed by atoms with Gasteiger partial charge in [-0.05, 0) is 0 Å². The molecule has 0 radical (unpaired) electrons. The van der Waals surface area contributed by atoms with E-state index < -0.39 is 23.5 Å². The maximum absolute atomic E-state index is 10.3. The average molecular weight is 280 g/mol. The van der Waals surface area contributed by atoms with E-state index in [1.807, 2.05) is 0 Å². The molecule has 0 saturated heterocycles. The maximum Gasteiger partial charge on any atom is 2.00 e. The number of hydrogen-bond donors (Lipinski definition) is 3. The summed E-state index contributed by atoms with van der Waals surface area (Å²) in [5.41, 5.74) is 0. The standard InChI is InChI=1S/Mg.H5O10P3/c;1-11(2,3)9-13(7,8)10-12(4,5)6/h;(H,7,8)(H2,1,2,3)(H2,4,5,6)/q+2;/p-2. The van der Waals surface area contributed by atoms with Gasteiger partial charge in [-0.15, -0.1) is 0 Å². The molecule has 80 valence electrons. The fourth-order valence-electron chi connectivity index (χ4n) is 0.276. The van der Waals surface area contributed by atoms with Crippen LogP contribution in [0.1, 0.15) is 0 Å². The summed E-state index contributed by atoms with van der Waals surface area (Å²) in [5.74, 6) is 0. The number of rotatable bonds is 4. The first kappa shape index (κ1) is 17.6. The van der Waals surface area contributed by atoms with E-state index in [1.54, 1.807) is 0 Å². The van der Waals surface area contributed by atoms with Gasteiger partial charge in [0.15, 0.2) is 0 Å². The molecule has 10 nitrogen and oxygen atoms in total. The van der Waals surface area contributed by atoms with Gasteiger partial charge in [0.2, 0.25) is 0 Å². The van der Waals surface area contributed by atoms with Crippen LogP contribution in [0, 0.1) is 0 Å². The monoisotopic (exact) mass is 280 g/mol. The van der Waals surface area contributed by atoms with Gasteiger partial charge in [-0.1, -0.05) is 0 Å². The largest absolute Gasteiger partial charge is 2.00 e. The maximum atomic E-state index is 10.3. The summed E-state index contributed by atoms with van der Waals surface area (Å²) in [7, 11) is -16.9. The van der Waals surface area contributed by atoms with Gasteiger partial charge in [0.1, 0.15) is 0 Å². The van der Waals surface area contributed by atoms with Gasteiger partial charge < -0.3 is 29.0 Å². The first-order valence-corrected chi connectivity index (χ1v) is 6.73. The third-order valence-electron chi connectivity index (χ3n) is 0.413. The van der Waals surface area contributed by atoms with E-state index in [2.05, 4.69) is 8.62 Å². The summed E-state index contributed by atoms with van der Waals surface area (Å²) in [4.78, 5) is 43.5. The van der Waals surface area contributed by atoms with E-state index >= 15 is 0 Å². The van der Waals surface area contributed by atoms with Crippen molar-refractivity contribution in [2.45, 2.75) is 0 Å². The molecule has 0 saturated carbocycles. The van der Waals surface area contributed by atoms with E-state index in [0.29, 0.717) is 0 Å². The molecule has 0 aromatic heterocycles. The fourth-order valence-corrected chi connectivity index (χ4v) is 2.75. The molecule has 0 rings (SSSR count). The van der Waals surface area contributed by atoms with Crippen LogP contribution in [0.25, 0.3) is 0 Å². The van der Waals surface area contributed by atoms with Crippen LogP contribution in [-0.2, 0) is 22.3 Å². The Morgan fingerprint density at radius 2 is 1.29 bits per heavy atom. The molecule has 0 aliphatic rings. The molecular weight excluding hydrogens is 277 g/mol. The van der Waals surface area contributed by atoms with Crippen LogP contribution in [0.2, 0.25) is 0 Å². The summed E-state index contributed by atoms with van der Waals surface area (Å²) in [6.07, 6.45) is 0. The van der Waals surface area contributed by atoms with E-state index in [9.17, 15) is 23.5 Å². The minimum Gasteiger partial charge on any atom is -0.789 e. The zero-order valence-electron chi connectivity index (χ0n) is 6.25. The second kappa shape index (κ2) is 5.49. The number of hydrogen-bond acceptors (Lipinski definition) is 7. The Labute approximate surface area is 93.5 Å². The minimum atomic E-state index is -5.85. The third-order valence-corrected chi connectivity index (χ3v) is 3.71. The van der Waals surface area contributed by atoms with E-state index in [0.717, 1.165) is 0 Å². The molecule has 0 aromatic rings. The van der Waals surface area contributed by atoms with Crippen molar-refractivity contribution in [2.24, 2.45) is 0 Å². The second-order valence-electron chi connectivity index (χ2n) is 1.57. The molecule has 0 aliphatic heterocycles. The van der Waals surface area contributed by atoms with E-state index in [-0.39, 0.29) is 23.1 Å². The van der Waals surface area contributed by atoms with Crippen LogP contribution in [0.4, 0.5) is 0 Å². The molecule has 1 atom stereocenters. The molecule has 14 heavy (non-hydrogen) atoms. The van der Waals surface area contributed by atoms with Crippen molar-refractivity contribution in [3.63, 3.8) is 0 Å². The van der Waals surface area contributed by atoms with Crippen LogP contribution in [-0.4, -0.2) is 37.7 Å². The summed E-state index contributed by atoms with van der Waals surface area (Å²) >= 11 is 0. The molecule has 0 aromatic carbocycles. The zero-order valence-corrected chi connectivity index (χ0v) is 10.3. The van der Waals surface area contributed by atoms with Gasteiger partial charge in [0.25, 0.3) is 0 Å². The van der Waals surface area contributed by atoms with Gasteiger partial charge in [0.05, 0.1) is 7.82 Å². The first-order chi connectivity index (χ1) is 5.41. The van der Waals surface area contributed by atoms with Crippen LogP contribution in [0.3, 0.4) is 0 Å². The first-order valence-electron chi connectivity index (χ1n) is 2.24. The van der Waals surface area contributed by atoms with Crippen molar-refractivity contribution in [3.05, 3.63) is 0 Å². The Kier molecular flexibility index (Phi) is 6.89. The van der Waals surface area contributed by atoms with Crippen molar-refractivity contribution >= 4 is 46.5 Å². The van der Waals surface area contributed by atoms with Crippen LogP contribution < -0.4 is 9.79 Å². The van der Waals surface area contributed by atoms with Crippen molar-refractivity contribution in [3.8, 4) is 0 Å². The molecule has 1 unspecified atom stereocenters. The predicted octanol–water partition coefficient (Wildman–Crippen LogP) is -2.34. The van der Waals surface area contributed by atoms with E-state index in [1.165, 1.54) is 0 Å². The molecule has 0 aliphatic carbocycles. The van der Waals surface area contributed by atoms with Crippen LogP contribution in [0.5, 0.6) is 0 Å². The molecule has 0 fully saturated rings.